The average molecular weight is 570 g/mol. The maximum atomic E-state index is 2.44. The van der Waals surface area contributed by atoms with Crippen molar-refractivity contribution in [3.05, 3.63) is 164 Å². The first-order chi connectivity index (χ1) is 22.3. The molecule has 1 heteroatoms. The summed E-state index contributed by atoms with van der Waals surface area (Å²) in [4.78, 5) is 2.44. The van der Waals surface area contributed by atoms with Crippen LogP contribution in [0.2, 0.25) is 0 Å². The molecule has 0 aliphatic carbocycles. The molecule has 0 atom stereocenters. The zero-order chi connectivity index (χ0) is 29.5. The van der Waals surface area contributed by atoms with Gasteiger partial charge in [0.2, 0.25) is 0 Å². The molecule has 1 nitrogen and oxygen atoms in total. The smallest absolute Gasteiger partial charge is 0.0546 e. The van der Waals surface area contributed by atoms with Crippen LogP contribution >= 0.6 is 0 Å². The van der Waals surface area contributed by atoms with Crippen molar-refractivity contribution in [3.63, 3.8) is 0 Å². The Hall–Kier alpha value is -5.92. The average Bonchev–Trinajstić information content (AvgIpc) is 3.10. The molecule has 0 spiro atoms. The number of anilines is 3. The molecular formula is C44H27N. The van der Waals surface area contributed by atoms with Crippen molar-refractivity contribution in [2.45, 2.75) is 0 Å². The summed E-state index contributed by atoms with van der Waals surface area (Å²) in [6.45, 7) is 0. The Labute approximate surface area is 260 Å². The second kappa shape index (κ2) is 9.29. The zero-order valence-corrected chi connectivity index (χ0v) is 24.5. The van der Waals surface area contributed by atoms with Crippen LogP contribution in [-0.2, 0) is 0 Å². The summed E-state index contributed by atoms with van der Waals surface area (Å²) in [5.74, 6) is 0. The Morgan fingerprint density at radius 2 is 0.756 bits per heavy atom. The molecular weight excluding hydrogens is 542 g/mol. The van der Waals surface area contributed by atoms with E-state index in [9.17, 15) is 0 Å². The van der Waals surface area contributed by atoms with Crippen LogP contribution in [-0.4, -0.2) is 0 Å². The van der Waals surface area contributed by atoms with Gasteiger partial charge in [-0.1, -0.05) is 133 Å². The molecule has 0 fully saturated rings. The van der Waals surface area contributed by atoms with Gasteiger partial charge in [0.15, 0.2) is 0 Å². The largest absolute Gasteiger partial charge is 0.310 e. The molecule has 0 saturated carbocycles. The van der Waals surface area contributed by atoms with Crippen LogP contribution < -0.4 is 4.90 Å². The molecule has 208 valence electrons. The predicted octanol–water partition coefficient (Wildman–Crippen LogP) is 12.7. The second-order valence-corrected chi connectivity index (χ2v) is 12.1. The van der Waals surface area contributed by atoms with Crippen LogP contribution in [0.1, 0.15) is 0 Å². The van der Waals surface area contributed by atoms with Crippen LogP contribution in [0.25, 0.3) is 75.4 Å². The molecule has 0 radical (unpaired) electrons. The van der Waals surface area contributed by atoms with Gasteiger partial charge in [-0.05, 0) is 95.0 Å². The number of hydrogen-bond donors (Lipinski definition) is 0. The topological polar surface area (TPSA) is 3.24 Å². The van der Waals surface area contributed by atoms with Crippen LogP contribution in [0.4, 0.5) is 17.1 Å². The van der Waals surface area contributed by atoms with Crippen molar-refractivity contribution in [2.75, 3.05) is 4.90 Å². The van der Waals surface area contributed by atoms with Gasteiger partial charge in [-0.15, -0.1) is 0 Å². The Kier molecular flexibility index (Phi) is 5.06. The SMILES string of the molecule is c1ccc(N(c2ccc3ccccc3c2)c2cc3cccc4c5cccc6ccc7cccc(c8cccc2c8c34)c7c65)cc1. The fourth-order valence-electron chi connectivity index (χ4n) is 7.79. The number of rotatable bonds is 3. The molecule has 10 aromatic carbocycles. The molecule has 45 heavy (non-hydrogen) atoms. The van der Waals surface area contributed by atoms with Crippen LogP contribution in [0.3, 0.4) is 0 Å². The molecule has 10 rings (SSSR count). The van der Waals surface area contributed by atoms with Gasteiger partial charge in [-0.25, -0.2) is 0 Å². The molecule has 0 aliphatic rings. The molecule has 0 aliphatic heterocycles. The van der Waals surface area contributed by atoms with E-state index in [1.807, 2.05) is 0 Å². The van der Waals surface area contributed by atoms with E-state index < -0.39 is 0 Å². The van der Waals surface area contributed by atoms with Gasteiger partial charge in [0.05, 0.1) is 5.69 Å². The van der Waals surface area contributed by atoms with Crippen molar-refractivity contribution in [2.24, 2.45) is 0 Å². The molecule has 0 bridgehead atoms. The lowest BCUT2D eigenvalue weighted by molar-refractivity contribution is 1.31. The standard InChI is InChI=1S/C44H27N/c1-2-15-33(16-3-1)45(34-25-24-28-10-4-5-11-31(28)26-34)40-27-32-14-8-19-36-35-17-6-12-29-22-23-30-13-7-18-37(42(30)41(29)35)38-20-9-21-39(40)44(38)43(32)36/h1-27H. The summed E-state index contributed by atoms with van der Waals surface area (Å²) in [6, 6.07) is 60.5. The summed E-state index contributed by atoms with van der Waals surface area (Å²) in [5.41, 5.74) is 3.46. The van der Waals surface area contributed by atoms with Gasteiger partial charge in [-0.3, -0.25) is 0 Å². The third-order valence-corrected chi connectivity index (χ3v) is 9.69. The van der Waals surface area contributed by atoms with Crippen molar-refractivity contribution in [1.82, 2.24) is 0 Å². The minimum atomic E-state index is 1.14. The first-order valence-corrected chi connectivity index (χ1v) is 15.6. The Balaban J connectivity index is 1.44. The highest BCUT2D eigenvalue weighted by Crippen LogP contribution is 2.48. The van der Waals surface area contributed by atoms with E-state index in [-0.39, 0.29) is 0 Å². The second-order valence-electron chi connectivity index (χ2n) is 12.1. The highest BCUT2D eigenvalue weighted by atomic mass is 15.1. The normalized spacial score (nSPS) is 12.0. The van der Waals surface area contributed by atoms with Crippen molar-refractivity contribution < 1.29 is 0 Å². The van der Waals surface area contributed by atoms with E-state index in [1.165, 1.54) is 81.1 Å². The number of hydrogen-bond acceptors (Lipinski definition) is 1. The fourth-order valence-corrected chi connectivity index (χ4v) is 7.79. The number of para-hydroxylation sites is 1. The van der Waals surface area contributed by atoms with Gasteiger partial charge in [0, 0.05) is 22.1 Å². The van der Waals surface area contributed by atoms with Crippen molar-refractivity contribution in [3.8, 4) is 0 Å². The maximum absolute atomic E-state index is 2.44. The molecule has 0 N–H and O–H groups in total. The van der Waals surface area contributed by atoms with Gasteiger partial charge in [0.25, 0.3) is 0 Å². The first-order valence-electron chi connectivity index (χ1n) is 15.6. The minimum Gasteiger partial charge on any atom is -0.310 e. The maximum Gasteiger partial charge on any atom is 0.0546 e. The summed E-state index contributed by atoms with van der Waals surface area (Å²) < 4.78 is 0. The summed E-state index contributed by atoms with van der Waals surface area (Å²) in [7, 11) is 0. The monoisotopic (exact) mass is 569 g/mol. The Morgan fingerprint density at radius 3 is 1.44 bits per heavy atom. The quantitative estimate of drug-likeness (QED) is 0.191. The number of fused-ring (bicyclic) bond motifs is 3. The highest BCUT2D eigenvalue weighted by Gasteiger charge is 2.21. The summed E-state index contributed by atoms with van der Waals surface area (Å²) >= 11 is 0. The van der Waals surface area contributed by atoms with E-state index >= 15 is 0 Å². The van der Waals surface area contributed by atoms with Crippen molar-refractivity contribution in [1.29, 1.82) is 0 Å². The molecule has 0 aromatic heterocycles. The lowest BCUT2D eigenvalue weighted by Gasteiger charge is -2.28. The third kappa shape index (κ3) is 3.50. The molecule has 0 saturated heterocycles. The van der Waals surface area contributed by atoms with E-state index in [0.717, 1.165) is 11.4 Å². The van der Waals surface area contributed by atoms with E-state index in [4.69, 9.17) is 0 Å². The first kappa shape index (κ1) is 24.5. The lowest BCUT2D eigenvalue weighted by atomic mass is 9.87. The molecule has 0 heterocycles. The molecule has 0 unspecified atom stereocenters. The zero-order valence-electron chi connectivity index (χ0n) is 24.5. The number of benzene rings is 9. The summed E-state index contributed by atoms with van der Waals surface area (Å²) in [6.07, 6.45) is 0. The van der Waals surface area contributed by atoms with Gasteiger partial charge in [-0.2, -0.15) is 0 Å². The predicted molar refractivity (Wildman–Crippen MR) is 195 cm³/mol. The van der Waals surface area contributed by atoms with E-state index in [2.05, 4.69) is 169 Å². The molecule has 10 aromatic rings. The highest BCUT2D eigenvalue weighted by molar-refractivity contribution is 6.38. The minimum absolute atomic E-state index is 1.14. The van der Waals surface area contributed by atoms with E-state index in [1.54, 1.807) is 0 Å². The Bertz CT molecular complexity index is 2760. The van der Waals surface area contributed by atoms with Gasteiger partial charge in [0.1, 0.15) is 0 Å². The van der Waals surface area contributed by atoms with Crippen LogP contribution in [0, 0.1) is 0 Å². The van der Waals surface area contributed by atoms with Gasteiger partial charge < -0.3 is 4.90 Å². The fraction of sp³-hybridized carbons (Fsp3) is 0. The Morgan fingerprint density at radius 1 is 0.267 bits per heavy atom. The van der Waals surface area contributed by atoms with Crippen LogP contribution in [0.5, 0.6) is 0 Å². The van der Waals surface area contributed by atoms with Crippen molar-refractivity contribution >= 4 is 92.5 Å². The molecule has 0 amide bonds. The van der Waals surface area contributed by atoms with Gasteiger partial charge >= 0.3 is 0 Å². The lowest BCUT2D eigenvalue weighted by Crippen LogP contribution is -2.10. The summed E-state index contributed by atoms with van der Waals surface area (Å²) in [5, 5.41) is 18.0. The van der Waals surface area contributed by atoms with E-state index in [0.29, 0.717) is 0 Å². The van der Waals surface area contributed by atoms with Crippen LogP contribution in [0.15, 0.2) is 164 Å². The number of nitrogens with zero attached hydrogens (tertiary/aromatic N) is 1. The third-order valence-electron chi connectivity index (χ3n) is 9.69.